The predicted octanol–water partition coefficient (Wildman–Crippen LogP) is 7.14. The van der Waals surface area contributed by atoms with Crippen molar-refractivity contribution in [1.29, 1.82) is 0 Å². The molecule has 0 saturated carbocycles. The highest BCUT2D eigenvalue weighted by Crippen LogP contribution is 2.32. The van der Waals surface area contributed by atoms with Gasteiger partial charge in [-0.1, -0.05) is 36.9 Å². The zero-order valence-electron chi connectivity index (χ0n) is 19.4. The quantitative estimate of drug-likeness (QED) is 0.287. The molecular weight excluding hydrogens is 453 g/mol. The van der Waals surface area contributed by atoms with Crippen LogP contribution in [-0.4, -0.2) is 17.1 Å². The maximum absolute atomic E-state index is 13.4. The molecule has 1 aromatic heterocycles. The van der Waals surface area contributed by atoms with E-state index in [0.717, 1.165) is 23.3 Å². The second-order valence-corrected chi connectivity index (χ2v) is 8.36. The van der Waals surface area contributed by atoms with Crippen molar-refractivity contribution in [3.63, 3.8) is 0 Å². The Morgan fingerprint density at radius 2 is 1.80 bits per heavy atom. The Kier molecular flexibility index (Phi) is 6.69. The number of alkyl halides is 3. The largest absolute Gasteiger partial charge is 0.489 e. The summed E-state index contributed by atoms with van der Waals surface area (Å²) in [5.41, 5.74) is 3.45. The van der Waals surface area contributed by atoms with E-state index in [9.17, 15) is 18.0 Å². The topological polar surface area (TPSA) is 43.3 Å². The van der Waals surface area contributed by atoms with Crippen LogP contribution in [0.4, 0.5) is 18.9 Å². The van der Waals surface area contributed by atoms with E-state index in [1.807, 2.05) is 38.1 Å². The molecule has 0 atom stereocenters. The first kappa shape index (κ1) is 24.1. The smallest absolute Gasteiger partial charge is 0.416 e. The molecule has 0 saturated heterocycles. The van der Waals surface area contributed by atoms with E-state index >= 15 is 0 Å². The standard InChI is InChI=1S/C28H25F3N2O2/c1-4-13-35-26-10-6-9-24-23(26)16-25(27(34)32-22-12-11-18(2)19(3)14-22)33(24)17-20-7-5-8-21(15-20)28(29,30)31/h4-12,14-16H,1,13,17H2,2-3H3,(H,32,34). The number of hydrogen-bond acceptors (Lipinski definition) is 2. The maximum Gasteiger partial charge on any atom is 0.416 e. The van der Waals surface area contributed by atoms with Crippen LogP contribution in [0.1, 0.15) is 32.7 Å². The van der Waals surface area contributed by atoms with Crippen LogP contribution in [0.5, 0.6) is 5.75 Å². The van der Waals surface area contributed by atoms with Gasteiger partial charge in [0.15, 0.2) is 0 Å². The lowest BCUT2D eigenvalue weighted by Crippen LogP contribution is -2.18. The summed E-state index contributed by atoms with van der Waals surface area (Å²) in [5.74, 6) is 0.191. The molecule has 0 aliphatic heterocycles. The summed E-state index contributed by atoms with van der Waals surface area (Å²) in [6, 6.07) is 17.8. The number of rotatable bonds is 7. The normalized spacial score (nSPS) is 11.5. The highest BCUT2D eigenvalue weighted by atomic mass is 19.4. The monoisotopic (exact) mass is 478 g/mol. The molecule has 4 nitrogen and oxygen atoms in total. The number of hydrogen-bond donors (Lipinski definition) is 1. The summed E-state index contributed by atoms with van der Waals surface area (Å²) >= 11 is 0. The van der Waals surface area contributed by atoms with E-state index < -0.39 is 11.7 Å². The van der Waals surface area contributed by atoms with E-state index in [4.69, 9.17) is 4.74 Å². The molecular formula is C28H25F3N2O2. The molecule has 7 heteroatoms. The third-order valence-electron chi connectivity index (χ3n) is 5.85. The van der Waals surface area contributed by atoms with Crippen LogP contribution in [0.25, 0.3) is 10.9 Å². The van der Waals surface area contributed by atoms with E-state index in [1.54, 1.807) is 34.9 Å². The SMILES string of the molecule is C=CCOc1cccc2c1cc(C(=O)Nc1ccc(C)c(C)c1)n2Cc1cccc(C(F)(F)F)c1. The summed E-state index contributed by atoms with van der Waals surface area (Å²) in [5, 5.41) is 3.60. The minimum atomic E-state index is -4.45. The maximum atomic E-state index is 13.4. The number of aromatic nitrogens is 1. The van der Waals surface area contributed by atoms with Crippen molar-refractivity contribution in [3.8, 4) is 5.75 Å². The zero-order valence-corrected chi connectivity index (χ0v) is 19.4. The summed E-state index contributed by atoms with van der Waals surface area (Å²) in [6.45, 7) is 7.96. The van der Waals surface area contributed by atoms with Crippen molar-refractivity contribution >= 4 is 22.5 Å². The molecule has 3 aromatic carbocycles. The number of aryl methyl sites for hydroxylation is 2. The summed E-state index contributed by atoms with van der Waals surface area (Å²) in [4.78, 5) is 13.4. The van der Waals surface area contributed by atoms with E-state index in [-0.39, 0.29) is 19.1 Å². The second kappa shape index (κ2) is 9.70. The molecule has 1 amide bonds. The molecule has 35 heavy (non-hydrogen) atoms. The summed E-state index contributed by atoms with van der Waals surface area (Å²) in [7, 11) is 0. The number of carbonyl (C=O) groups is 1. The Labute approximate surface area is 201 Å². The third-order valence-corrected chi connectivity index (χ3v) is 5.85. The molecule has 0 radical (unpaired) electrons. The first-order chi connectivity index (χ1) is 16.7. The number of benzene rings is 3. The molecule has 4 rings (SSSR count). The van der Waals surface area contributed by atoms with E-state index in [0.29, 0.717) is 33.6 Å². The molecule has 0 spiro atoms. The van der Waals surface area contributed by atoms with Gasteiger partial charge in [-0.05, 0) is 73.0 Å². The van der Waals surface area contributed by atoms with Crippen LogP contribution < -0.4 is 10.1 Å². The van der Waals surface area contributed by atoms with E-state index in [2.05, 4.69) is 11.9 Å². The molecule has 0 aliphatic rings. The lowest BCUT2D eigenvalue weighted by Gasteiger charge is -2.14. The predicted molar refractivity (Wildman–Crippen MR) is 132 cm³/mol. The van der Waals surface area contributed by atoms with Gasteiger partial charge in [-0.3, -0.25) is 4.79 Å². The molecule has 180 valence electrons. The number of ether oxygens (including phenoxy) is 1. The fraction of sp³-hybridized carbons (Fsp3) is 0.179. The molecule has 0 unspecified atom stereocenters. The highest BCUT2D eigenvalue weighted by Gasteiger charge is 2.30. The van der Waals surface area contributed by atoms with Gasteiger partial charge in [0.1, 0.15) is 18.1 Å². The van der Waals surface area contributed by atoms with Crippen molar-refractivity contribution in [2.24, 2.45) is 0 Å². The van der Waals surface area contributed by atoms with Gasteiger partial charge in [0.25, 0.3) is 5.91 Å². The average Bonchev–Trinajstić information content (AvgIpc) is 3.19. The van der Waals surface area contributed by atoms with Gasteiger partial charge < -0.3 is 14.6 Å². The summed E-state index contributed by atoms with van der Waals surface area (Å²) in [6.07, 6.45) is -2.84. The van der Waals surface area contributed by atoms with Gasteiger partial charge in [0.05, 0.1) is 11.1 Å². The van der Waals surface area contributed by atoms with Crippen LogP contribution in [0.2, 0.25) is 0 Å². The van der Waals surface area contributed by atoms with Crippen LogP contribution in [0.3, 0.4) is 0 Å². The summed E-state index contributed by atoms with van der Waals surface area (Å²) < 4.78 is 47.3. The fourth-order valence-electron chi connectivity index (χ4n) is 3.93. The number of halogens is 3. The number of anilines is 1. The molecule has 1 heterocycles. The Bertz CT molecular complexity index is 1400. The van der Waals surface area contributed by atoms with Crippen LogP contribution in [0.15, 0.2) is 79.4 Å². The first-order valence-electron chi connectivity index (χ1n) is 11.1. The zero-order chi connectivity index (χ0) is 25.2. The Morgan fingerprint density at radius 1 is 1.03 bits per heavy atom. The number of nitrogens with zero attached hydrogens (tertiary/aromatic N) is 1. The minimum absolute atomic E-state index is 0.0774. The van der Waals surface area contributed by atoms with Gasteiger partial charge in [-0.25, -0.2) is 0 Å². The van der Waals surface area contributed by atoms with Gasteiger partial charge in [-0.2, -0.15) is 13.2 Å². The third kappa shape index (κ3) is 5.24. The fourth-order valence-corrected chi connectivity index (χ4v) is 3.93. The Morgan fingerprint density at radius 3 is 2.51 bits per heavy atom. The Hall–Kier alpha value is -4.00. The van der Waals surface area contributed by atoms with Crippen molar-refractivity contribution in [2.45, 2.75) is 26.6 Å². The lowest BCUT2D eigenvalue weighted by atomic mass is 10.1. The van der Waals surface area contributed by atoms with E-state index in [1.165, 1.54) is 6.07 Å². The lowest BCUT2D eigenvalue weighted by molar-refractivity contribution is -0.137. The molecule has 0 bridgehead atoms. The highest BCUT2D eigenvalue weighted by molar-refractivity contribution is 6.07. The average molecular weight is 479 g/mol. The molecule has 4 aromatic rings. The van der Waals surface area contributed by atoms with Crippen molar-refractivity contribution in [1.82, 2.24) is 4.57 Å². The minimum Gasteiger partial charge on any atom is -0.489 e. The molecule has 0 fully saturated rings. The van der Waals surface area contributed by atoms with Crippen LogP contribution in [-0.2, 0) is 12.7 Å². The van der Waals surface area contributed by atoms with Gasteiger partial charge in [0, 0.05) is 17.6 Å². The van der Waals surface area contributed by atoms with Crippen molar-refractivity contribution in [2.75, 3.05) is 11.9 Å². The van der Waals surface area contributed by atoms with Gasteiger partial charge >= 0.3 is 6.18 Å². The molecule has 1 N–H and O–H groups in total. The van der Waals surface area contributed by atoms with Crippen molar-refractivity contribution < 1.29 is 22.7 Å². The first-order valence-corrected chi connectivity index (χ1v) is 11.1. The van der Waals surface area contributed by atoms with Gasteiger partial charge in [-0.15, -0.1) is 0 Å². The van der Waals surface area contributed by atoms with Crippen LogP contribution in [0, 0.1) is 13.8 Å². The number of nitrogens with one attached hydrogen (secondary N) is 1. The second-order valence-electron chi connectivity index (χ2n) is 8.36. The van der Waals surface area contributed by atoms with Crippen LogP contribution >= 0.6 is 0 Å². The number of fused-ring (bicyclic) bond motifs is 1. The number of amides is 1. The number of carbonyl (C=O) groups excluding carboxylic acids is 1. The van der Waals surface area contributed by atoms with Crippen molar-refractivity contribution in [3.05, 3.63) is 107 Å². The Balaban J connectivity index is 1.79. The van der Waals surface area contributed by atoms with Gasteiger partial charge in [0.2, 0.25) is 0 Å². The molecule has 0 aliphatic carbocycles.